The Bertz CT molecular complexity index is 218. The number of nitrogens with two attached hydrogens (primary N) is 1. The normalized spacial score (nSPS) is 7.70. The molecule has 56 valence electrons. The van der Waals surface area contributed by atoms with Gasteiger partial charge in [-0.1, -0.05) is 10.3 Å². The number of primary amides is 1. The molecule has 0 saturated heterocycles. The minimum Gasteiger partial charge on any atom is -0.370 e. The van der Waals surface area contributed by atoms with E-state index in [0.717, 1.165) is 0 Å². The van der Waals surface area contributed by atoms with Crippen LogP contribution in [0.3, 0.4) is 0 Å². The van der Waals surface area contributed by atoms with E-state index in [1.54, 1.807) is 0 Å². The van der Waals surface area contributed by atoms with Gasteiger partial charge in [0.2, 0.25) is 10.7 Å². The van der Waals surface area contributed by atoms with Crippen molar-refractivity contribution in [1.29, 1.82) is 0 Å². The second-order valence-electron chi connectivity index (χ2n) is 1.35. The first-order valence-corrected chi connectivity index (χ1v) is 2.75. The lowest BCUT2D eigenvalue weighted by atomic mass is 10.8. The Balaban J connectivity index is 0.000000180. The molecule has 0 radical (unpaired) electrons. The number of rotatable bonds is 0. The van der Waals surface area contributed by atoms with Gasteiger partial charge in [-0.15, -0.1) is 0 Å². The van der Waals surface area contributed by atoms with Crippen LogP contribution in [0.1, 0.15) is 6.92 Å². The quantitative estimate of drug-likeness (QED) is 0.440. The van der Waals surface area contributed by atoms with Gasteiger partial charge in [-0.2, -0.15) is 5.21 Å². The predicted molar refractivity (Wildman–Crippen MR) is 36.4 cm³/mol. The second-order valence-corrected chi connectivity index (χ2v) is 1.74. The van der Waals surface area contributed by atoms with E-state index in [9.17, 15) is 4.79 Å². The van der Waals surface area contributed by atoms with Crippen LogP contribution in [-0.2, 0) is 4.79 Å². The molecular weight excluding hydrogens is 154 g/mol. The summed E-state index contributed by atoms with van der Waals surface area (Å²) in [6.07, 6.45) is 0. The first-order chi connectivity index (χ1) is 4.63. The lowest BCUT2D eigenvalue weighted by Gasteiger charge is -1.60. The monoisotopic (exact) mass is 161 g/mol. The molecule has 1 rings (SSSR count). The number of carbonyl (C=O) groups excluding carboxylic acids is 1. The molecule has 0 aliphatic heterocycles. The zero-order chi connectivity index (χ0) is 7.98. The van der Waals surface area contributed by atoms with Crippen LogP contribution in [0.5, 0.6) is 0 Å². The lowest BCUT2D eigenvalue weighted by molar-refractivity contribution is -0.115. The van der Waals surface area contributed by atoms with E-state index >= 15 is 0 Å². The summed E-state index contributed by atoms with van der Waals surface area (Å²) in [5.41, 5.74) is 4.47. The molecule has 0 aromatic carbocycles. The fourth-order valence-corrected chi connectivity index (χ4v) is 0.255. The average molecular weight is 161 g/mol. The maximum atomic E-state index is 9.22. The Labute approximate surface area is 61.8 Å². The van der Waals surface area contributed by atoms with Crippen molar-refractivity contribution in [2.45, 2.75) is 6.92 Å². The molecule has 0 spiro atoms. The summed E-state index contributed by atoms with van der Waals surface area (Å²) < 4.78 is 0.384. The minimum atomic E-state index is -0.333. The summed E-state index contributed by atoms with van der Waals surface area (Å²) in [4.78, 5) is 9.22. The molecule has 0 aliphatic carbocycles. The summed E-state index contributed by atoms with van der Waals surface area (Å²) in [6.45, 7) is 1.31. The van der Waals surface area contributed by atoms with Crippen molar-refractivity contribution < 1.29 is 4.79 Å². The Morgan fingerprint density at radius 2 is 2.30 bits per heavy atom. The molecule has 1 aromatic rings. The van der Waals surface area contributed by atoms with E-state index in [1.807, 2.05) is 0 Å². The zero-order valence-corrected chi connectivity index (χ0v) is 6.10. The fourth-order valence-electron chi connectivity index (χ4n) is 0.168. The molecule has 6 nitrogen and oxygen atoms in total. The third-order valence-corrected chi connectivity index (χ3v) is 0.537. The number of tetrazole rings is 1. The topological polar surface area (TPSA) is 100 Å². The van der Waals surface area contributed by atoms with Crippen molar-refractivity contribution in [2.24, 2.45) is 5.73 Å². The molecule has 10 heavy (non-hydrogen) atoms. The number of aromatic nitrogens is 4. The summed E-state index contributed by atoms with van der Waals surface area (Å²) in [7, 11) is 0. The number of nitrogens with one attached hydrogen (secondary N) is 2. The van der Waals surface area contributed by atoms with Gasteiger partial charge in [0.25, 0.3) is 0 Å². The maximum absolute atomic E-state index is 9.22. The molecule has 0 atom stereocenters. The molecule has 0 fully saturated rings. The number of carbonyl (C=O) groups is 1. The van der Waals surface area contributed by atoms with E-state index < -0.39 is 0 Å². The van der Waals surface area contributed by atoms with E-state index in [-0.39, 0.29) is 5.91 Å². The molecule has 0 aliphatic rings. The van der Waals surface area contributed by atoms with Crippen LogP contribution in [-0.4, -0.2) is 26.5 Å². The van der Waals surface area contributed by atoms with E-state index in [1.165, 1.54) is 6.92 Å². The molecule has 7 heteroatoms. The third-order valence-electron chi connectivity index (χ3n) is 0.354. The van der Waals surface area contributed by atoms with Gasteiger partial charge in [0.1, 0.15) is 0 Å². The highest BCUT2D eigenvalue weighted by Crippen LogP contribution is 1.61. The first-order valence-electron chi connectivity index (χ1n) is 2.34. The van der Waals surface area contributed by atoms with Crippen LogP contribution in [0.4, 0.5) is 0 Å². The number of H-pyrrole nitrogens is 2. The van der Waals surface area contributed by atoms with Gasteiger partial charge < -0.3 is 5.73 Å². The van der Waals surface area contributed by atoms with Crippen molar-refractivity contribution in [3.05, 3.63) is 4.77 Å². The molecule has 0 unspecified atom stereocenters. The molecule has 4 N–H and O–H groups in total. The third kappa shape index (κ3) is 6.76. The van der Waals surface area contributed by atoms with Crippen LogP contribution in [0, 0.1) is 4.77 Å². The summed E-state index contributed by atoms with van der Waals surface area (Å²) in [5.74, 6) is -0.333. The summed E-state index contributed by atoms with van der Waals surface area (Å²) >= 11 is 4.48. The Morgan fingerprint density at radius 3 is 2.40 bits per heavy atom. The smallest absolute Gasteiger partial charge is 0.235 e. The highest BCUT2D eigenvalue weighted by Gasteiger charge is 1.68. The van der Waals surface area contributed by atoms with Crippen LogP contribution in [0.15, 0.2) is 0 Å². The van der Waals surface area contributed by atoms with E-state index in [0.29, 0.717) is 4.77 Å². The van der Waals surface area contributed by atoms with Gasteiger partial charge >= 0.3 is 0 Å². The number of nitrogens with zero attached hydrogens (tertiary/aromatic N) is 2. The number of aromatic amines is 2. The molecular formula is C3H7N5OS. The Hall–Kier alpha value is -1.24. The van der Waals surface area contributed by atoms with Gasteiger partial charge in [-0.25, -0.2) is 0 Å². The largest absolute Gasteiger partial charge is 0.370 e. The SMILES string of the molecule is CC(N)=O.S=c1nn[nH][nH]1. The average Bonchev–Trinajstić information content (AvgIpc) is 2.15. The van der Waals surface area contributed by atoms with E-state index in [2.05, 4.69) is 38.6 Å². The summed E-state index contributed by atoms with van der Waals surface area (Å²) in [5, 5.41) is 11.5. The maximum Gasteiger partial charge on any atom is 0.235 e. The van der Waals surface area contributed by atoms with Crippen molar-refractivity contribution in [3.8, 4) is 0 Å². The number of hydrogen-bond donors (Lipinski definition) is 3. The fraction of sp³-hybridized carbons (Fsp3) is 0.333. The van der Waals surface area contributed by atoms with Crippen LogP contribution >= 0.6 is 12.2 Å². The highest BCUT2D eigenvalue weighted by molar-refractivity contribution is 7.71. The molecule has 0 saturated carbocycles. The minimum absolute atomic E-state index is 0.333. The lowest BCUT2D eigenvalue weighted by Crippen LogP contribution is -2.01. The first kappa shape index (κ1) is 8.76. The zero-order valence-electron chi connectivity index (χ0n) is 5.29. The number of hydrogen-bond acceptors (Lipinski definition) is 4. The predicted octanol–water partition coefficient (Wildman–Crippen LogP) is -0.646. The van der Waals surface area contributed by atoms with Crippen molar-refractivity contribution in [2.75, 3.05) is 0 Å². The highest BCUT2D eigenvalue weighted by atomic mass is 32.1. The van der Waals surface area contributed by atoms with Crippen LogP contribution in [0.2, 0.25) is 0 Å². The number of amides is 1. The van der Waals surface area contributed by atoms with Crippen molar-refractivity contribution >= 4 is 18.1 Å². The Kier molecular flexibility index (Phi) is 4.05. The van der Waals surface area contributed by atoms with Gasteiger partial charge in [0.05, 0.1) is 0 Å². The van der Waals surface area contributed by atoms with Gasteiger partial charge in [-0.05, 0) is 12.2 Å². The molecule has 1 aromatic heterocycles. The van der Waals surface area contributed by atoms with E-state index in [4.69, 9.17) is 0 Å². The second kappa shape index (κ2) is 4.62. The van der Waals surface area contributed by atoms with Crippen molar-refractivity contribution in [1.82, 2.24) is 20.6 Å². The summed E-state index contributed by atoms with van der Waals surface area (Å²) in [6, 6.07) is 0. The Morgan fingerprint density at radius 1 is 1.80 bits per heavy atom. The molecule has 1 heterocycles. The van der Waals surface area contributed by atoms with Crippen LogP contribution in [0.25, 0.3) is 0 Å². The van der Waals surface area contributed by atoms with Crippen LogP contribution < -0.4 is 5.73 Å². The molecule has 1 amide bonds. The van der Waals surface area contributed by atoms with Crippen molar-refractivity contribution in [3.63, 3.8) is 0 Å². The standard InChI is InChI=1S/C2H5NO.CH2N4S/c1-2(3)4;6-1-2-4-5-3-1/h1H3,(H2,3,4);(H2,2,3,4,5,6). The van der Waals surface area contributed by atoms with Gasteiger partial charge in [0, 0.05) is 6.92 Å². The molecule has 0 bridgehead atoms. The van der Waals surface area contributed by atoms with Gasteiger partial charge in [0.15, 0.2) is 0 Å². The van der Waals surface area contributed by atoms with Gasteiger partial charge in [-0.3, -0.25) is 9.89 Å².